The Kier molecular flexibility index (Phi) is 6.42. The largest absolute Gasteiger partial charge is 0.228 e. The van der Waals surface area contributed by atoms with Crippen LogP contribution in [0.15, 0.2) is 170 Å². The molecule has 3 heteroatoms. The number of nitrogens with zero attached hydrogens (tertiary/aromatic N) is 2. The second kappa shape index (κ2) is 11.2. The summed E-state index contributed by atoms with van der Waals surface area (Å²) < 4.78 is 2.55. The van der Waals surface area contributed by atoms with Gasteiger partial charge >= 0.3 is 0 Å². The van der Waals surface area contributed by atoms with Crippen LogP contribution in [0.5, 0.6) is 0 Å². The van der Waals surface area contributed by atoms with E-state index in [4.69, 9.17) is 9.97 Å². The Morgan fingerprint density at radius 3 is 1.68 bits per heavy atom. The molecule has 250 valence electrons. The molecule has 0 amide bonds. The Bertz CT molecular complexity index is 2820. The van der Waals surface area contributed by atoms with E-state index in [1.807, 2.05) is 23.5 Å². The van der Waals surface area contributed by atoms with Crippen LogP contribution in [0.2, 0.25) is 0 Å². The minimum absolute atomic E-state index is 0.196. The van der Waals surface area contributed by atoms with E-state index in [9.17, 15) is 0 Å². The molecular weight excluding hydrogens is 661 g/mol. The molecule has 0 N–H and O–H groups in total. The molecule has 0 atom stereocenters. The van der Waals surface area contributed by atoms with Crippen molar-refractivity contribution < 1.29 is 0 Å². The number of hydrogen-bond donors (Lipinski definition) is 0. The third-order valence-corrected chi connectivity index (χ3v) is 13.0. The molecule has 0 bridgehead atoms. The van der Waals surface area contributed by atoms with Crippen LogP contribution in [0, 0.1) is 0 Å². The summed E-state index contributed by atoms with van der Waals surface area (Å²) in [7, 11) is 0. The van der Waals surface area contributed by atoms with Crippen LogP contribution in [0.3, 0.4) is 0 Å². The second-order valence-corrected chi connectivity index (χ2v) is 15.9. The Balaban J connectivity index is 1.21. The van der Waals surface area contributed by atoms with Gasteiger partial charge in [-0.1, -0.05) is 166 Å². The molecule has 2 aliphatic carbocycles. The van der Waals surface area contributed by atoms with Gasteiger partial charge in [-0.15, -0.1) is 11.3 Å². The highest BCUT2D eigenvalue weighted by atomic mass is 32.1. The fraction of sp³-hybridized carbons (Fsp3) is 0.0800. The maximum atomic E-state index is 5.25. The van der Waals surface area contributed by atoms with Gasteiger partial charge < -0.3 is 0 Å². The minimum Gasteiger partial charge on any atom is -0.228 e. The van der Waals surface area contributed by atoms with Gasteiger partial charge in [-0.3, -0.25) is 0 Å². The number of aromatic nitrogens is 2. The summed E-state index contributed by atoms with van der Waals surface area (Å²) >= 11 is 1.88. The zero-order chi connectivity index (χ0) is 35.3. The SMILES string of the molecule is CC1(C)c2ccccc2C2(c3ccccc3-c3ccccc32)c2cc3c(cc21)sc1c(-c2cc(-c4ccccc4)nc(-c4ccccc4)n2)cccc13. The molecule has 0 fully saturated rings. The summed E-state index contributed by atoms with van der Waals surface area (Å²) in [5, 5.41) is 2.56. The first-order valence-electron chi connectivity index (χ1n) is 18.3. The van der Waals surface area contributed by atoms with Gasteiger partial charge in [0.2, 0.25) is 0 Å². The Morgan fingerprint density at radius 2 is 0.981 bits per heavy atom. The summed E-state index contributed by atoms with van der Waals surface area (Å²) in [4.78, 5) is 10.3. The normalized spacial score (nSPS) is 14.5. The summed E-state index contributed by atoms with van der Waals surface area (Å²) in [6.07, 6.45) is 0. The van der Waals surface area contributed by atoms with Gasteiger partial charge in [-0.25, -0.2) is 9.97 Å². The molecule has 0 saturated heterocycles. The fourth-order valence-electron chi connectivity index (χ4n) is 9.39. The van der Waals surface area contributed by atoms with Gasteiger partial charge in [0, 0.05) is 42.3 Å². The predicted molar refractivity (Wildman–Crippen MR) is 221 cm³/mol. The first-order chi connectivity index (χ1) is 26.0. The Labute approximate surface area is 313 Å². The van der Waals surface area contributed by atoms with Gasteiger partial charge in [0.05, 0.1) is 16.8 Å². The summed E-state index contributed by atoms with van der Waals surface area (Å²) in [6, 6.07) is 62.1. The van der Waals surface area contributed by atoms with E-state index in [0.717, 1.165) is 33.9 Å². The van der Waals surface area contributed by atoms with Crippen molar-refractivity contribution >= 4 is 31.5 Å². The molecule has 2 aliphatic rings. The Hall–Kier alpha value is -6.16. The number of thiophene rings is 1. The van der Waals surface area contributed by atoms with Gasteiger partial charge in [-0.2, -0.15) is 0 Å². The van der Waals surface area contributed by atoms with Gasteiger partial charge in [0.15, 0.2) is 5.82 Å². The highest BCUT2D eigenvalue weighted by Crippen LogP contribution is 2.63. The monoisotopic (exact) mass is 694 g/mol. The summed E-state index contributed by atoms with van der Waals surface area (Å²) in [5.74, 6) is 0.732. The number of fused-ring (bicyclic) bond motifs is 12. The molecule has 2 nitrogen and oxygen atoms in total. The standard InChI is InChI=1S/C50H34N2S/c1-49(2)40-26-13-14-27-41(40)50(38-24-11-9-20-33(38)34-21-10-12-25-39(34)50)43-28-37-35-22-15-23-36(47(35)53-46(37)29-42(43)49)45-30-44(31-16-5-3-6-17-31)51-48(52-45)32-18-7-4-8-19-32/h3-30H,1-2H3. The Morgan fingerprint density at radius 1 is 0.415 bits per heavy atom. The maximum absolute atomic E-state index is 5.25. The van der Waals surface area contributed by atoms with Crippen molar-refractivity contribution in [3.05, 3.63) is 203 Å². The highest BCUT2D eigenvalue weighted by molar-refractivity contribution is 7.26. The molecule has 11 rings (SSSR count). The topological polar surface area (TPSA) is 25.8 Å². The van der Waals surface area contributed by atoms with Crippen molar-refractivity contribution in [2.45, 2.75) is 24.7 Å². The summed E-state index contributed by atoms with van der Waals surface area (Å²) in [5.41, 5.74) is 15.4. The predicted octanol–water partition coefficient (Wildman–Crippen LogP) is 12.8. The van der Waals surface area contributed by atoms with E-state index < -0.39 is 5.41 Å². The van der Waals surface area contributed by atoms with Crippen LogP contribution in [-0.2, 0) is 10.8 Å². The third-order valence-electron chi connectivity index (χ3n) is 11.8. The molecule has 53 heavy (non-hydrogen) atoms. The van der Waals surface area contributed by atoms with Gasteiger partial charge in [0.25, 0.3) is 0 Å². The average molecular weight is 695 g/mol. The van der Waals surface area contributed by atoms with E-state index >= 15 is 0 Å². The molecule has 0 radical (unpaired) electrons. The zero-order valence-corrected chi connectivity index (χ0v) is 30.3. The second-order valence-electron chi connectivity index (χ2n) is 14.9. The lowest BCUT2D eigenvalue weighted by Crippen LogP contribution is -2.40. The number of hydrogen-bond acceptors (Lipinski definition) is 3. The van der Waals surface area contributed by atoms with E-state index in [-0.39, 0.29) is 5.41 Å². The number of rotatable bonds is 3. The van der Waals surface area contributed by atoms with Crippen LogP contribution in [0.4, 0.5) is 0 Å². The lowest BCUT2D eigenvalue weighted by Gasteiger charge is -2.46. The first kappa shape index (κ1) is 30.5. The first-order valence-corrected chi connectivity index (χ1v) is 19.1. The van der Waals surface area contributed by atoms with Crippen molar-refractivity contribution in [2.75, 3.05) is 0 Å². The van der Waals surface area contributed by atoms with Gasteiger partial charge in [-0.05, 0) is 62.7 Å². The van der Waals surface area contributed by atoms with E-state index in [1.54, 1.807) is 0 Å². The third kappa shape index (κ3) is 4.20. The van der Waals surface area contributed by atoms with Crippen LogP contribution in [-0.4, -0.2) is 9.97 Å². The fourth-order valence-corrected chi connectivity index (χ4v) is 10.6. The van der Waals surface area contributed by atoms with E-state index in [2.05, 4.69) is 172 Å². The summed E-state index contributed by atoms with van der Waals surface area (Å²) in [6.45, 7) is 4.82. The van der Waals surface area contributed by atoms with Crippen LogP contribution >= 0.6 is 11.3 Å². The smallest absolute Gasteiger partial charge is 0.160 e. The zero-order valence-electron chi connectivity index (χ0n) is 29.5. The average Bonchev–Trinajstić information content (AvgIpc) is 3.74. The van der Waals surface area contributed by atoms with Crippen molar-refractivity contribution in [3.63, 3.8) is 0 Å². The molecule has 9 aromatic rings. The molecule has 2 heterocycles. The highest BCUT2D eigenvalue weighted by Gasteiger charge is 2.53. The van der Waals surface area contributed by atoms with E-state index in [0.29, 0.717) is 0 Å². The molecule has 0 unspecified atom stereocenters. The quantitative estimate of drug-likeness (QED) is 0.184. The minimum atomic E-state index is -0.420. The lowest BCUT2D eigenvalue weighted by atomic mass is 9.55. The van der Waals surface area contributed by atoms with Crippen LogP contribution in [0.25, 0.3) is 65.2 Å². The van der Waals surface area contributed by atoms with Crippen molar-refractivity contribution in [1.82, 2.24) is 9.97 Å². The van der Waals surface area contributed by atoms with Crippen molar-refractivity contribution in [1.29, 1.82) is 0 Å². The van der Waals surface area contributed by atoms with Gasteiger partial charge in [0.1, 0.15) is 0 Å². The van der Waals surface area contributed by atoms with Crippen molar-refractivity contribution in [3.8, 4) is 45.0 Å². The molecule has 2 aromatic heterocycles. The van der Waals surface area contributed by atoms with Crippen molar-refractivity contribution in [2.24, 2.45) is 0 Å². The lowest BCUT2D eigenvalue weighted by molar-refractivity contribution is 0.564. The molecule has 0 aliphatic heterocycles. The maximum Gasteiger partial charge on any atom is 0.160 e. The molecule has 1 spiro atoms. The van der Waals surface area contributed by atoms with Crippen LogP contribution < -0.4 is 0 Å². The molecular formula is C50H34N2S. The van der Waals surface area contributed by atoms with E-state index in [1.165, 1.54) is 64.7 Å². The molecule has 0 saturated carbocycles. The van der Waals surface area contributed by atoms with Crippen LogP contribution in [0.1, 0.15) is 47.2 Å². The number of benzene rings is 7. The molecule has 7 aromatic carbocycles.